The van der Waals surface area contributed by atoms with Crippen LogP contribution in [0.25, 0.3) is 0 Å². The number of benzene rings is 1. The third-order valence-electron chi connectivity index (χ3n) is 2.78. The Morgan fingerprint density at radius 2 is 2.21 bits per heavy atom. The van der Waals surface area contributed by atoms with Crippen molar-refractivity contribution in [2.75, 3.05) is 0 Å². The lowest BCUT2D eigenvalue weighted by Gasteiger charge is -2.13. The normalized spacial score (nSPS) is 12.2. The van der Waals surface area contributed by atoms with Crippen LogP contribution in [-0.2, 0) is 6.54 Å². The van der Waals surface area contributed by atoms with E-state index in [9.17, 15) is 4.79 Å². The van der Waals surface area contributed by atoms with E-state index in [4.69, 9.17) is 21.8 Å². The van der Waals surface area contributed by atoms with E-state index in [0.717, 1.165) is 5.56 Å². The molecule has 0 bridgehead atoms. The Bertz CT molecular complexity index is 580. The van der Waals surface area contributed by atoms with Crippen LogP contribution in [0.4, 0.5) is 0 Å². The molecule has 100 valence electrons. The third kappa shape index (κ3) is 3.36. The number of furan rings is 1. The Labute approximate surface area is 116 Å². The Morgan fingerprint density at radius 3 is 2.84 bits per heavy atom. The monoisotopic (exact) mass is 278 g/mol. The minimum absolute atomic E-state index is 0.155. The molecule has 4 nitrogen and oxygen atoms in total. The highest BCUT2D eigenvalue weighted by atomic mass is 35.5. The van der Waals surface area contributed by atoms with Gasteiger partial charge < -0.3 is 15.5 Å². The fraction of sp³-hybridized carbons (Fsp3) is 0.214. The Morgan fingerprint density at radius 1 is 1.42 bits per heavy atom. The first-order chi connectivity index (χ1) is 9.10. The topological polar surface area (TPSA) is 68.3 Å². The van der Waals surface area contributed by atoms with Crippen molar-refractivity contribution in [1.29, 1.82) is 0 Å². The molecule has 1 amide bonds. The zero-order valence-corrected chi connectivity index (χ0v) is 11.3. The van der Waals surface area contributed by atoms with Crippen LogP contribution in [0.5, 0.6) is 0 Å². The molecule has 1 heterocycles. The average molecular weight is 279 g/mol. The van der Waals surface area contributed by atoms with Crippen molar-refractivity contribution in [3.8, 4) is 0 Å². The molecule has 0 spiro atoms. The van der Waals surface area contributed by atoms with Crippen molar-refractivity contribution >= 4 is 17.5 Å². The minimum atomic E-state index is -0.271. The molecule has 0 saturated heterocycles. The van der Waals surface area contributed by atoms with Crippen LogP contribution in [-0.4, -0.2) is 5.91 Å². The van der Waals surface area contributed by atoms with Crippen LogP contribution in [0, 0.1) is 0 Å². The van der Waals surface area contributed by atoms with E-state index >= 15 is 0 Å². The van der Waals surface area contributed by atoms with Gasteiger partial charge in [0.1, 0.15) is 5.76 Å². The molecule has 0 unspecified atom stereocenters. The minimum Gasteiger partial charge on any atom is -0.455 e. The first-order valence-corrected chi connectivity index (χ1v) is 6.33. The predicted octanol–water partition coefficient (Wildman–Crippen LogP) is 2.88. The number of nitrogens with two attached hydrogens (primary N) is 1. The first-order valence-electron chi connectivity index (χ1n) is 5.95. The van der Waals surface area contributed by atoms with Crippen molar-refractivity contribution in [3.63, 3.8) is 0 Å². The number of carbonyl (C=O) groups excluding carboxylic acids is 1. The third-order valence-corrected chi connectivity index (χ3v) is 3.02. The smallest absolute Gasteiger partial charge is 0.287 e. The van der Waals surface area contributed by atoms with Gasteiger partial charge in [-0.3, -0.25) is 4.79 Å². The van der Waals surface area contributed by atoms with E-state index in [1.807, 2.05) is 25.1 Å². The molecule has 1 atom stereocenters. The summed E-state index contributed by atoms with van der Waals surface area (Å²) in [7, 11) is 0. The van der Waals surface area contributed by atoms with Crippen molar-refractivity contribution < 1.29 is 9.21 Å². The first kappa shape index (κ1) is 13.6. The summed E-state index contributed by atoms with van der Waals surface area (Å²) in [4.78, 5) is 12.0. The fourth-order valence-electron chi connectivity index (χ4n) is 1.74. The van der Waals surface area contributed by atoms with Crippen molar-refractivity contribution in [3.05, 3.63) is 58.5 Å². The fourth-order valence-corrected chi connectivity index (χ4v) is 1.94. The molecule has 0 saturated carbocycles. The van der Waals surface area contributed by atoms with E-state index < -0.39 is 0 Å². The van der Waals surface area contributed by atoms with Gasteiger partial charge in [-0.05, 0) is 36.8 Å². The van der Waals surface area contributed by atoms with Gasteiger partial charge in [0.25, 0.3) is 5.91 Å². The molecule has 1 aromatic carbocycles. The van der Waals surface area contributed by atoms with Crippen LogP contribution >= 0.6 is 11.6 Å². The highest BCUT2D eigenvalue weighted by Crippen LogP contribution is 2.18. The van der Waals surface area contributed by atoms with Gasteiger partial charge in [-0.15, -0.1) is 0 Å². The second kappa shape index (κ2) is 5.91. The summed E-state index contributed by atoms with van der Waals surface area (Å²) in [5.74, 6) is 0.571. The van der Waals surface area contributed by atoms with Gasteiger partial charge in [0.05, 0.1) is 12.6 Å². The standard InChI is InChI=1S/C14H15ClN2O2/c1-9(10-3-2-4-11(15)7-10)17-14(18)13-6-5-12(8-16)19-13/h2-7,9H,8,16H2,1H3,(H,17,18)/t9-/m1/s1. The molecule has 1 aromatic heterocycles. The van der Waals surface area contributed by atoms with Gasteiger partial charge in [0.15, 0.2) is 5.76 Å². The molecule has 19 heavy (non-hydrogen) atoms. The van der Waals surface area contributed by atoms with Gasteiger partial charge in [-0.2, -0.15) is 0 Å². The summed E-state index contributed by atoms with van der Waals surface area (Å²) in [5, 5.41) is 3.49. The van der Waals surface area contributed by atoms with Gasteiger partial charge >= 0.3 is 0 Å². The molecule has 2 rings (SSSR count). The SMILES string of the molecule is C[C@@H](NC(=O)c1ccc(CN)o1)c1cccc(Cl)c1. The lowest BCUT2D eigenvalue weighted by Crippen LogP contribution is -2.26. The van der Waals surface area contributed by atoms with E-state index in [0.29, 0.717) is 10.8 Å². The largest absolute Gasteiger partial charge is 0.455 e. The van der Waals surface area contributed by atoms with Crippen LogP contribution in [0.1, 0.15) is 34.8 Å². The number of carbonyl (C=O) groups is 1. The molecule has 0 fully saturated rings. The van der Waals surface area contributed by atoms with Gasteiger partial charge in [-0.25, -0.2) is 0 Å². The maximum Gasteiger partial charge on any atom is 0.287 e. The van der Waals surface area contributed by atoms with E-state index in [2.05, 4.69) is 5.32 Å². The average Bonchev–Trinajstić information content (AvgIpc) is 2.87. The Balaban J connectivity index is 2.06. The Hall–Kier alpha value is -1.78. The lowest BCUT2D eigenvalue weighted by molar-refractivity contribution is 0.0910. The summed E-state index contributed by atoms with van der Waals surface area (Å²) in [6.45, 7) is 2.16. The number of hydrogen-bond donors (Lipinski definition) is 2. The molecule has 0 aliphatic carbocycles. The molecule has 0 radical (unpaired) electrons. The highest BCUT2D eigenvalue weighted by molar-refractivity contribution is 6.30. The number of hydrogen-bond acceptors (Lipinski definition) is 3. The highest BCUT2D eigenvalue weighted by Gasteiger charge is 2.14. The summed E-state index contributed by atoms with van der Waals surface area (Å²) >= 11 is 5.92. The van der Waals surface area contributed by atoms with Gasteiger partial charge in [0, 0.05) is 5.02 Å². The number of nitrogens with one attached hydrogen (secondary N) is 1. The number of rotatable bonds is 4. The van der Waals surface area contributed by atoms with Crippen molar-refractivity contribution in [1.82, 2.24) is 5.32 Å². The van der Waals surface area contributed by atoms with Crippen molar-refractivity contribution in [2.45, 2.75) is 19.5 Å². The lowest BCUT2D eigenvalue weighted by atomic mass is 10.1. The molecule has 5 heteroatoms. The summed E-state index contributed by atoms with van der Waals surface area (Å²) in [6, 6.07) is 10.5. The number of halogens is 1. The summed E-state index contributed by atoms with van der Waals surface area (Å²) in [6.07, 6.45) is 0. The molecule has 0 aliphatic rings. The van der Waals surface area contributed by atoms with Crippen LogP contribution in [0.15, 0.2) is 40.8 Å². The van der Waals surface area contributed by atoms with Crippen molar-refractivity contribution in [2.24, 2.45) is 5.73 Å². The van der Waals surface area contributed by atoms with Crippen LogP contribution in [0.2, 0.25) is 5.02 Å². The quantitative estimate of drug-likeness (QED) is 0.903. The van der Waals surface area contributed by atoms with E-state index in [-0.39, 0.29) is 24.3 Å². The summed E-state index contributed by atoms with van der Waals surface area (Å²) < 4.78 is 5.29. The zero-order valence-electron chi connectivity index (χ0n) is 10.5. The summed E-state index contributed by atoms with van der Waals surface area (Å²) in [5.41, 5.74) is 6.37. The zero-order chi connectivity index (χ0) is 13.8. The second-order valence-electron chi connectivity index (χ2n) is 4.22. The number of amides is 1. The van der Waals surface area contributed by atoms with Gasteiger partial charge in [-0.1, -0.05) is 23.7 Å². The van der Waals surface area contributed by atoms with Crippen LogP contribution in [0.3, 0.4) is 0 Å². The van der Waals surface area contributed by atoms with E-state index in [1.54, 1.807) is 18.2 Å². The molecule has 0 aliphatic heterocycles. The Kier molecular flexibility index (Phi) is 4.24. The second-order valence-corrected chi connectivity index (χ2v) is 4.66. The van der Waals surface area contributed by atoms with E-state index in [1.165, 1.54) is 0 Å². The van der Waals surface area contributed by atoms with Crippen LogP contribution < -0.4 is 11.1 Å². The molecular formula is C14H15ClN2O2. The predicted molar refractivity (Wildman–Crippen MR) is 73.9 cm³/mol. The molecular weight excluding hydrogens is 264 g/mol. The maximum atomic E-state index is 12.0. The molecule has 2 aromatic rings. The maximum absolute atomic E-state index is 12.0. The van der Waals surface area contributed by atoms with Gasteiger partial charge in [0.2, 0.25) is 0 Å². The molecule has 3 N–H and O–H groups in total.